The summed E-state index contributed by atoms with van der Waals surface area (Å²) in [5, 5.41) is 3.73. The molecule has 0 spiro atoms. The van der Waals surface area contributed by atoms with Gasteiger partial charge in [0.05, 0.1) is 6.61 Å². The maximum Gasteiger partial charge on any atom is 0.409 e. The van der Waals surface area contributed by atoms with Crippen molar-refractivity contribution in [1.29, 1.82) is 0 Å². The molecular weight excluding hydrogens is 262 g/mol. The van der Waals surface area contributed by atoms with Gasteiger partial charge in [0.2, 0.25) is 0 Å². The predicted molar refractivity (Wildman–Crippen MR) is 70.4 cm³/mol. The third kappa shape index (κ3) is 3.28. The molecule has 0 N–H and O–H groups in total. The minimum atomic E-state index is -0.320. The van der Waals surface area contributed by atoms with Crippen LogP contribution >= 0.6 is 0 Å². The van der Waals surface area contributed by atoms with E-state index in [2.05, 4.69) is 5.16 Å². The lowest BCUT2D eigenvalue weighted by Crippen LogP contribution is -2.37. The van der Waals surface area contributed by atoms with E-state index < -0.39 is 0 Å². The minimum Gasteiger partial charge on any atom is -0.450 e. The normalized spacial score (nSPS) is 15.9. The summed E-state index contributed by atoms with van der Waals surface area (Å²) in [7, 11) is 0. The van der Waals surface area contributed by atoms with Crippen molar-refractivity contribution in [2.24, 2.45) is 0 Å². The first kappa shape index (κ1) is 14.4. The maximum atomic E-state index is 12.2. The average molecular weight is 281 g/mol. The Labute approximate surface area is 117 Å². The van der Waals surface area contributed by atoms with Crippen LogP contribution in [-0.2, 0) is 4.74 Å². The highest BCUT2D eigenvalue weighted by atomic mass is 16.6. The molecule has 0 bridgehead atoms. The number of amides is 2. The largest absolute Gasteiger partial charge is 0.450 e. The van der Waals surface area contributed by atoms with Gasteiger partial charge in [0.15, 0.2) is 5.69 Å². The molecule has 0 radical (unpaired) electrons. The van der Waals surface area contributed by atoms with Crippen LogP contribution in [0.15, 0.2) is 10.6 Å². The lowest BCUT2D eigenvalue weighted by atomic mass is 10.3. The molecule has 1 aliphatic heterocycles. The number of ether oxygens (including phenoxy) is 1. The Bertz CT molecular complexity index is 486. The van der Waals surface area contributed by atoms with Crippen molar-refractivity contribution < 1.29 is 18.8 Å². The first-order valence-corrected chi connectivity index (χ1v) is 6.76. The van der Waals surface area contributed by atoms with E-state index in [0.29, 0.717) is 44.2 Å². The summed E-state index contributed by atoms with van der Waals surface area (Å²) in [6, 6.07) is 1.62. The first-order chi connectivity index (χ1) is 9.61. The van der Waals surface area contributed by atoms with Crippen LogP contribution in [0, 0.1) is 6.92 Å². The molecule has 1 aromatic rings. The van der Waals surface area contributed by atoms with Gasteiger partial charge in [-0.15, -0.1) is 0 Å². The molecule has 7 nitrogen and oxygen atoms in total. The molecule has 1 aliphatic rings. The van der Waals surface area contributed by atoms with Crippen LogP contribution in [-0.4, -0.2) is 59.7 Å². The van der Waals surface area contributed by atoms with Gasteiger partial charge in [0, 0.05) is 32.2 Å². The van der Waals surface area contributed by atoms with Gasteiger partial charge in [-0.1, -0.05) is 5.16 Å². The zero-order chi connectivity index (χ0) is 14.5. The zero-order valence-electron chi connectivity index (χ0n) is 11.8. The Hall–Kier alpha value is -2.05. The number of aryl methyl sites for hydroxylation is 1. The second-order valence-corrected chi connectivity index (χ2v) is 4.65. The number of carbonyl (C=O) groups is 2. The van der Waals surface area contributed by atoms with Gasteiger partial charge in [0.25, 0.3) is 5.91 Å². The van der Waals surface area contributed by atoms with Crippen LogP contribution in [0.2, 0.25) is 0 Å². The van der Waals surface area contributed by atoms with Gasteiger partial charge in [-0.3, -0.25) is 4.79 Å². The average Bonchev–Trinajstić information content (AvgIpc) is 2.72. The van der Waals surface area contributed by atoms with E-state index in [9.17, 15) is 9.59 Å². The van der Waals surface area contributed by atoms with Gasteiger partial charge in [-0.2, -0.15) is 0 Å². The van der Waals surface area contributed by atoms with Crippen molar-refractivity contribution in [2.75, 3.05) is 32.8 Å². The minimum absolute atomic E-state index is 0.160. The fourth-order valence-corrected chi connectivity index (χ4v) is 2.15. The maximum absolute atomic E-state index is 12.2. The van der Waals surface area contributed by atoms with Crippen LogP contribution in [0.4, 0.5) is 4.79 Å². The number of aromatic nitrogens is 1. The van der Waals surface area contributed by atoms with Crippen molar-refractivity contribution in [3.8, 4) is 0 Å². The Kier molecular flexibility index (Phi) is 4.60. The smallest absolute Gasteiger partial charge is 0.409 e. The molecule has 1 aromatic heterocycles. The van der Waals surface area contributed by atoms with Gasteiger partial charge in [-0.25, -0.2) is 4.79 Å². The van der Waals surface area contributed by atoms with Gasteiger partial charge in [0.1, 0.15) is 5.76 Å². The van der Waals surface area contributed by atoms with E-state index in [1.165, 1.54) is 0 Å². The van der Waals surface area contributed by atoms with Crippen LogP contribution in [0.5, 0.6) is 0 Å². The third-order valence-electron chi connectivity index (χ3n) is 3.16. The summed E-state index contributed by atoms with van der Waals surface area (Å²) in [6.07, 6.45) is 0.403. The molecule has 2 rings (SSSR count). The highest BCUT2D eigenvalue weighted by molar-refractivity contribution is 5.92. The summed E-state index contributed by atoms with van der Waals surface area (Å²) in [5.41, 5.74) is 0.312. The SMILES string of the molecule is CCOC(=O)N1CCCN(C(=O)c2cc(C)on2)CC1. The second kappa shape index (κ2) is 6.40. The Morgan fingerprint density at radius 2 is 2.00 bits per heavy atom. The van der Waals surface area contributed by atoms with E-state index >= 15 is 0 Å². The molecule has 0 aliphatic carbocycles. The molecule has 20 heavy (non-hydrogen) atoms. The highest BCUT2D eigenvalue weighted by Crippen LogP contribution is 2.10. The molecule has 1 saturated heterocycles. The molecule has 0 aromatic carbocycles. The standard InChI is InChI=1S/C13H19N3O4/c1-3-19-13(18)16-6-4-5-15(7-8-16)12(17)11-9-10(2)20-14-11/h9H,3-8H2,1-2H3. The lowest BCUT2D eigenvalue weighted by molar-refractivity contribution is 0.0743. The van der Waals surface area contributed by atoms with E-state index in [1.807, 2.05) is 0 Å². The molecule has 2 amide bonds. The highest BCUT2D eigenvalue weighted by Gasteiger charge is 2.24. The molecule has 1 fully saturated rings. The fraction of sp³-hybridized carbons (Fsp3) is 0.615. The fourth-order valence-electron chi connectivity index (χ4n) is 2.15. The molecule has 110 valence electrons. The van der Waals surface area contributed by atoms with Crippen molar-refractivity contribution >= 4 is 12.0 Å². The summed E-state index contributed by atoms with van der Waals surface area (Å²) in [5.74, 6) is 0.448. The molecular formula is C13H19N3O4. The summed E-state index contributed by atoms with van der Waals surface area (Å²) in [6.45, 7) is 6.02. The molecule has 0 unspecified atom stereocenters. The second-order valence-electron chi connectivity index (χ2n) is 4.65. The van der Waals surface area contributed by atoms with Crippen LogP contribution in [0.25, 0.3) is 0 Å². The summed E-state index contributed by atoms with van der Waals surface area (Å²) >= 11 is 0. The van der Waals surface area contributed by atoms with Gasteiger partial charge >= 0.3 is 6.09 Å². The van der Waals surface area contributed by atoms with E-state index in [0.717, 1.165) is 6.42 Å². The number of hydrogen-bond donors (Lipinski definition) is 0. The number of rotatable bonds is 2. The van der Waals surface area contributed by atoms with Crippen molar-refractivity contribution in [2.45, 2.75) is 20.3 Å². The number of nitrogens with zero attached hydrogens (tertiary/aromatic N) is 3. The topological polar surface area (TPSA) is 75.9 Å². The molecule has 7 heteroatoms. The van der Waals surface area contributed by atoms with E-state index in [-0.39, 0.29) is 12.0 Å². The number of carbonyl (C=O) groups excluding carboxylic acids is 2. The quantitative estimate of drug-likeness (QED) is 0.816. The van der Waals surface area contributed by atoms with Crippen LogP contribution in [0.1, 0.15) is 29.6 Å². The van der Waals surface area contributed by atoms with Crippen molar-refractivity contribution in [3.05, 3.63) is 17.5 Å². The van der Waals surface area contributed by atoms with E-state index in [1.54, 1.807) is 29.7 Å². The summed E-state index contributed by atoms with van der Waals surface area (Å²) in [4.78, 5) is 27.2. The monoisotopic (exact) mass is 281 g/mol. The van der Waals surface area contributed by atoms with Crippen molar-refractivity contribution in [3.63, 3.8) is 0 Å². The van der Waals surface area contributed by atoms with Crippen LogP contribution in [0.3, 0.4) is 0 Å². The third-order valence-corrected chi connectivity index (χ3v) is 3.16. The molecule has 0 atom stereocenters. The Morgan fingerprint density at radius 3 is 2.65 bits per heavy atom. The molecule has 2 heterocycles. The van der Waals surface area contributed by atoms with Crippen LogP contribution < -0.4 is 0 Å². The summed E-state index contributed by atoms with van der Waals surface area (Å²) < 4.78 is 9.89. The first-order valence-electron chi connectivity index (χ1n) is 6.76. The van der Waals surface area contributed by atoms with Crippen molar-refractivity contribution in [1.82, 2.24) is 15.0 Å². The van der Waals surface area contributed by atoms with Gasteiger partial charge < -0.3 is 19.1 Å². The lowest BCUT2D eigenvalue weighted by Gasteiger charge is -2.20. The Balaban J connectivity index is 1.95. The van der Waals surface area contributed by atoms with Gasteiger partial charge in [-0.05, 0) is 20.3 Å². The zero-order valence-corrected chi connectivity index (χ0v) is 11.8. The molecule has 0 saturated carbocycles. The number of hydrogen-bond acceptors (Lipinski definition) is 5. The van der Waals surface area contributed by atoms with E-state index in [4.69, 9.17) is 9.26 Å². The predicted octanol–water partition coefficient (Wildman–Crippen LogP) is 1.29. The Morgan fingerprint density at radius 1 is 1.30 bits per heavy atom.